The van der Waals surface area contributed by atoms with Crippen molar-refractivity contribution in [1.29, 1.82) is 0 Å². The summed E-state index contributed by atoms with van der Waals surface area (Å²) in [5, 5.41) is 20.0. The van der Waals surface area contributed by atoms with E-state index in [1.54, 1.807) is 4.80 Å². The highest BCUT2D eigenvalue weighted by molar-refractivity contribution is 5.73. The third kappa shape index (κ3) is 2.77. The fraction of sp³-hybridized carbons (Fsp3) is 0.400. The molecule has 1 N–H and O–H groups in total. The van der Waals surface area contributed by atoms with Crippen molar-refractivity contribution in [1.82, 2.24) is 15.0 Å². The lowest BCUT2D eigenvalue weighted by atomic mass is 9.79. The third-order valence-corrected chi connectivity index (χ3v) is 4.61. The van der Waals surface area contributed by atoms with Crippen LogP contribution in [0, 0.1) is 0 Å². The maximum atomic E-state index is 11.0. The molecule has 4 nitrogen and oxygen atoms in total. The number of nitrogens with zero attached hydrogens (tertiary/aromatic N) is 3. The van der Waals surface area contributed by atoms with E-state index in [-0.39, 0.29) is 17.1 Å². The van der Waals surface area contributed by atoms with Crippen molar-refractivity contribution in [3.8, 4) is 11.4 Å². The van der Waals surface area contributed by atoms with Gasteiger partial charge >= 0.3 is 0 Å². The first-order chi connectivity index (χ1) is 11.3. The monoisotopic (exact) mass is 323 g/mol. The number of phenolic OH excluding ortho intramolecular Hbond substituents is 1. The molecule has 1 heterocycles. The van der Waals surface area contributed by atoms with E-state index in [2.05, 4.69) is 50.9 Å². The molecule has 0 saturated carbocycles. The van der Waals surface area contributed by atoms with Crippen LogP contribution in [0.3, 0.4) is 0 Å². The lowest BCUT2D eigenvalue weighted by molar-refractivity contribution is 0.447. The van der Waals surface area contributed by atoms with Gasteiger partial charge in [0.25, 0.3) is 0 Å². The quantitative estimate of drug-likeness (QED) is 0.743. The lowest BCUT2D eigenvalue weighted by Gasteiger charge is -2.27. The van der Waals surface area contributed by atoms with E-state index in [9.17, 15) is 5.11 Å². The van der Waals surface area contributed by atoms with Crippen LogP contribution in [0.2, 0.25) is 0 Å². The van der Waals surface area contributed by atoms with E-state index in [4.69, 9.17) is 0 Å². The molecule has 0 aliphatic heterocycles. The van der Waals surface area contributed by atoms with Crippen molar-refractivity contribution < 1.29 is 5.11 Å². The molecular weight excluding hydrogens is 298 g/mol. The smallest absolute Gasteiger partial charge is 0.146 e. The Balaban J connectivity index is 2.22. The van der Waals surface area contributed by atoms with Crippen LogP contribution < -0.4 is 0 Å². The predicted molar refractivity (Wildman–Crippen MR) is 97.9 cm³/mol. The highest BCUT2D eigenvalue weighted by atomic mass is 16.3. The normalized spacial score (nSPS) is 13.4. The van der Waals surface area contributed by atoms with Crippen LogP contribution in [0.5, 0.6) is 5.75 Å². The van der Waals surface area contributed by atoms with Gasteiger partial charge in [-0.3, -0.25) is 0 Å². The van der Waals surface area contributed by atoms with Crippen molar-refractivity contribution >= 4 is 11.0 Å². The van der Waals surface area contributed by atoms with Crippen LogP contribution >= 0.6 is 0 Å². The maximum absolute atomic E-state index is 11.0. The first-order valence-corrected chi connectivity index (χ1v) is 8.51. The molecule has 0 bridgehead atoms. The van der Waals surface area contributed by atoms with Gasteiger partial charge in [0, 0.05) is 5.56 Å². The summed E-state index contributed by atoms with van der Waals surface area (Å²) >= 11 is 0. The number of hydrogen-bond acceptors (Lipinski definition) is 3. The Morgan fingerprint density at radius 1 is 1.04 bits per heavy atom. The molecule has 1 atom stereocenters. The van der Waals surface area contributed by atoms with Crippen molar-refractivity contribution in [3.05, 3.63) is 47.5 Å². The molecule has 0 radical (unpaired) electrons. The Bertz CT molecular complexity index is 841. The number of fused-ring (bicyclic) bond motifs is 1. The summed E-state index contributed by atoms with van der Waals surface area (Å²) in [5.41, 5.74) is 4.42. The van der Waals surface area contributed by atoms with Crippen LogP contribution in [0.4, 0.5) is 0 Å². The van der Waals surface area contributed by atoms with Crippen LogP contribution in [-0.4, -0.2) is 20.1 Å². The molecule has 1 aromatic heterocycles. The molecule has 24 heavy (non-hydrogen) atoms. The predicted octanol–water partition coefficient (Wildman–Crippen LogP) is 4.94. The summed E-state index contributed by atoms with van der Waals surface area (Å²) < 4.78 is 0. The second-order valence-corrected chi connectivity index (χ2v) is 7.43. The van der Waals surface area contributed by atoms with Crippen LogP contribution in [0.25, 0.3) is 16.7 Å². The molecule has 0 aliphatic rings. The minimum absolute atomic E-state index is 0.0307. The van der Waals surface area contributed by atoms with Crippen LogP contribution in [0.15, 0.2) is 36.4 Å². The number of hydrogen-bond donors (Lipinski definition) is 1. The zero-order valence-corrected chi connectivity index (χ0v) is 15.0. The first-order valence-electron chi connectivity index (χ1n) is 8.51. The van der Waals surface area contributed by atoms with Gasteiger partial charge in [0.1, 0.15) is 22.5 Å². The molecule has 0 fully saturated rings. The number of aromatic nitrogens is 3. The number of rotatable bonds is 3. The molecule has 126 valence electrons. The van der Waals surface area contributed by atoms with Gasteiger partial charge in [-0.05, 0) is 41.5 Å². The average molecular weight is 323 g/mol. The van der Waals surface area contributed by atoms with E-state index in [1.807, 2.05) is 30.3 Å². The Kier molecular flexibility index (Phi) is 4.08. The summed E-state index contributed by atoms with van der Waals surface area (Å²) in [4.78, 5) is 1.54. The zero-order valence-electron chi connectivity index (χ0n) is 15.0. The molecule has 4 heteroatoms. The van der Waals surface area contributed by atoms with Crippen molar-refractivity contribution in [2.75, 3.05) is 0 Å². The molecule has 0 saturated heterocycles. The fourth-order valence-corrected chi connectivity index (χ4v) is 3.08. The van der Waals surface area contributed by atoms with E-state index >= 15 is 0 Å². The van der Waals surface area contributed by atoms with E-state index in [1.165, 1.54) is 5.56 Å². The van der Waals surface area contributed by atoms with Crippen molar-refractivity contribution in [2.24, 2.45) is 0 Å². The Labute approximate surface area is 143 Å². The largest absolute Gasteiger partial charge is 0.505 e. The average Bonchev–Trinajstić information content (AvgIpc) is 2.96. The highest BCUT2D eigenvalue weighted by Gasteiger charge is 2.25. The maximum Gasteiger partial charge on any atom is 0.146 e. The van der Waals surface area contributed by atoms with Crippen LogP contribution in [-0.2, 0) is 5.41 Å². The minimum Gasteiger partial charge on any atom is -0.505 e. The number of aromatic hydroxyl groups is 1. The summed E-state index contributed by atoms with van der Waals surface area (Å²) in [6.07, 6.45) is 0.967. The second kappa shape index (κ2) is 5.93. The molecule has 2 aromatic carbocycles. The topological polar surface area (TPSA) is 50.9 Å². The third-order valence-electron chi connectivity index (χ3n) is 4.61. The van der Waals surface area contributed by atoms with Gasteiger partial charge in [-0.1, -0.05) is 52.8 Å². The van der Waals surface area contributed by atoms with E-state index in [0.717, 1.165) is 23.0 Å². The van der Waals surface area contributed by atoms with Gasteiger partial charge in [-0.15, -0.1) is 15.0 Å². The van der Waals surface area contributed by atoms with Gasteiger partial charge in [-0.25, -0.2) is 0 Å². The highest BCUT2D eigenvalue weighted by Crippen LogP contribution is 2.40. The summed E-state index contributed by atoms with van der Waals surface area (Å²) in [6.45, 7) is 10.8. The van der Waals surface area contributed by atoms with E-state index < -0.39 is 0 Å². The van der Waals surface area contributed by atoms with E-state index in [0.29, 0.717) is 5.69 Å². The molecule has 3 rings (SSSR count). The van der Waals surface area contributed by atoms with Crippen molar-refractivity contribution in [2.45, 2.75) is 52.4 Å². The first kappa shape index (κ1) is 16.5. The Hall–Kier alpha value is -2.36. The molecule has 0 amide bonds. The molecule has 1 unspecified atom stereocenters. The number of phenols is 1. The summed E-state index contributed by atoms with van der Waals surface area (Å²) in [5.74, 6) is 0.557. The minimum atomic E-state index is -0.0307. The van der Waals surface area contributed by atoms with Crippen LogP contribution in [0.1, 0.15) is 58.1 Å². The standard InChI is InChI=1S/C20H25N3O/c1-6-13(2)18-14(20(3,4)5)11-12-17(19(18)24)23-21-15-9-7-8-10-16(15)22-23/h7-13,24H,6H2,1-5H3. The number of benzene rings is 2. The fourth-order valence-electron chi connectivity index (χ4n) is 3.08. The second-order valence-electron chi connectivity index (χ2n) is 7.43. The van der Waals surface area contributed by atoms with Gasteiger partial charge in [-0.2, -0.15) is 0 Å². The van der Waals surface area contributed by atoms with Gasteiger partial charge in [0.05, 0.1) is 0 Å². The van der Waals surface area contributed by atoms with Gasteiger partial charge < -0.3 is 5.11 Å². The molecular formula is C20H25N3O. The van der Waals surface area contributed by atoms with Crippen molar-refractivity contribution in [3.63, 3.8) is 0 Å². The summed E-state index contributed by atoms with van der Waals surface area (Å²) in [7, 11) is 0. The zero-order chi connectivity index (χ0) is 17.5. The van der Waals surface area contributed by atoms with Gasteiger partial charge in [0.15, 0.2) is 0 Å². The summed E-state index contributed by atoms with van der Waals surface area (Å²) in [6, 6.07) is 11.7. The Morgan fingerprint density at radius 3 is 2.12 bits per heavy atom. The molecule has 0 spiro atoms. The Morgan fingerprint density at radius 2 is 1.62 bits per heavy atom. The molecule has 0 aliphatic carbocycles. The van der Waals surface area contributed by atoms with Gasteiger partial charge in [0.2, 0.25) is 0 Å². The lowest BCUT2D eigenvalue weighted by Crippen LogP contribution is -2.16. The SMILES string of the molecule is CCC(C)c1c(C(C)(C)C)ccc(-n2nc3ccccc3n2)c1O. The molecule has 3 aromatic rings.